The molecule has 0 saturated carbocycles. The number of thiophene rings is 4. The lowest BCUT2D eigenvalue weighted by atomic mass is 9.70. The molecule has 0 N–H and O–H groups in total. The average Bonchev–Trinajstić information content (AvgIpc) is 1.51. The zero-order chi connectivity index (χ0) is 68.6. The molecular formula is C85H82N2O8S4. The molecule has 0 aliphatic heterocycles. The van der Waals surface area contributed by atoms with Gasteiger partial charge in [0.15, 0.2) is 46.0 Å². The van der Waals surface area contributed by atoms with Crippen molar-refractivity contribution in [2.45, 2.75) is 88.5 Å². The highest BCUT2D eigenvalue weighted by molar-refractivity contribution is 7.17. The maximum Gasteiger partial charge on any atom is 0.180 e. The summed E-state index contributed by atoms with van der Waals surface area (Å²) in [5, 5.41) is 0. The Morgan fingerprint density at radius 3 is 0.727 bits per heavy atom. The zero-order valence-electron chi connectivity index (χ0n) is 58.3. The third-order valence-electron chi connectivity index (χ3n) is 18.4. The van der Waals surface area contributed by atoms with Gasteiger partial charge in [0.05, 0.1) is 77.8 Å². The van der Waals surface area contributed by atoms with Gasteiger partial charge in [0.2, 0.25) is 0 Å². The molecule has 1 spiro atoms. The van der Waals surface area contributed by atoms with Crippen molar-refractivity contribution in [3.8, 4) is 110 Å². The van der Waals surface area contributed by atoms with E-state index in [1.54, 1.807) is 45.3 Å². The van der Waals surface area contributed by atoms with Crippen LogP contribution in [0.25, 0.3) is 64.0 Å². The molecule has 504 valence electrons. The van der Waals surface area contributed by atoms with Crippen LogP contribution in [0.3, 0.4) is 0 Å². The number of rotatable bonds is 26. The fourth-order valence-electron chi connectivity index (χ4n) is 14.5. The van der Waals surface area contributed by atoms with Crippen molar-refractivity contribution in [1.82, 2.24) is 0 Å². The molecule has 99 heavy (non-hydrogen) atoms. The van der Waals surface area contributed by atoms with Crippen molar-refractivity contribution in [1.29, 1.82) is 0 Å². The van der Waals surface area contributed by atoms with Crippen LogP contribution >= 0.6 is 45.3 Å². The molecule has 4 aromatic heterocycles. The van der Waals surface area contributed by atoms with Gasteiger partial charge in [-0.2, -0.15) is 0 Å². The van der Waals surface area contributed by atoms with Gasteiger partial charge in [-0.05, 0) is 223 Å². The molecule has 0 saturated heterocycles. The Balaban J connectivity index is 0.949. The van der Waals surface area contributed by atoms with Crippen LogP contribution in [-0.2, 0) is 5.41 Å². The lowest BCUT2D eigenvalue weighted by Crippen LogP contribution is -2.26. The molecule has 0 amide bonds. The summed E-state index contributed by atoms with van der Waals surface area (Å²) in [4.78, 5) is 13.4. The predicted octanol–water partition coefficient (Wildman–Crippen LogP) is 24.3. The molecule has 8 aromatic carbocycles. The van der Waals surface area contributed by atoms with Crippen LogP contribution in [0.5, 0.6) is 46.0 Å². The fourth-order valence-corrected chi connectivity index (χ4v) is 18.7. The van der Waals surface area contributed by atoms with Gasteiger partial charge in [0, 0.05) is 53.6 Å². The van der Waals surface area contributed by atoms with Gasteiger partial charge in [-0.15, -0.1) is 45.3 Å². The number of fused-ring (bicyclic) bond motifs is 10. The summed E-state index contributed by atoms with van der Waals surface area (Å²) >= 11 is 6.82. The van der Waals surface area contributed by atoms with Crippen molar-refractivity contribution < 1.29 is 37.9 Å². The van der Waals surface area contributed by atoms with Crippen LogP contribution in [-0.4, -0.2) is 52.9 Å². The van der Waals surface area contributed by atoms with E-state index in [9.17, 15) is 0 Å². The summed E-state index contributed by atoms with van der Waals surface area (Å²) in [6.45, 7) is 28.9. The van der Waals surface area contributed by atoms with Gasteiger partial charge in [0.25, 0.3) is 0 Å². The molecule has 0 atom stereocenters. The number of ether oxygens (including phenoxy) is 8. The first kappa shape index (κ1) is 66.8. The van der Waals surface area contributed by atoms with E-state index in [0.717, 1.165) is 141 Å². The predicted molar refractivity (Wildman–Crippen MR) is 414 cm³/mol. The second kappa shape index (κ2) is 28.4. The Morgan fingerprint density at radius 2 is 0.475 bits per heavy atom. The minimum Gasteiger partial charge on any atom is -0.489 e. The van der Waals surface area contributed by atoms with Gasteiger partial charge in [-0.1, -0.05) is 109 Å². The molecule has 10 nitrogen and oxygen atoms in total. The number of aryl methyl sites for hydroxylation is 4. The average molecular weight is 1390 g/mol. The van der Waals surface area contributed by atoms with Gasteiger partial charge >= 0.3 is 0 Å². The monoisotopic (exact) mass is 1390 g/mol. The standard InChI is InChI=1S/C85H82N2O8S4/c1-13-88-73-51(9)96-81(77(73)92-17-5)55-29-37-59(38-30-55)86(60-39-31-56(32-40-60)82-78(93-18-6)74(89-14-2)52(10)97-82)63-45-47-67-68-48-46-64(50-72(68)85(71(67)49-63)69-27-23-21-25-65(69)66-26-22-24-28-70(66)85)87(61-41-33-57(34-42-61)83-79(94-19-7)75(90-15-3)53(11)98-83)62-43-35-58(36-44-62)84-80(95-20-8)76(91-16-4)54(12)99-84/h21-50H,13-20H2,1-12H3. The molecule has 14 rings (SSSR count). The van der Waals surface area contributed by atoms with Gasteiger partial charge in [-0.3, -0.25) is 0 Å². The summed E-state index contributed by atoms with van der Waals surface area (Å²) in [5.41, 5.74) is 19.3. The molecule has 0 unspecified atom stereocenters. The highest BCUT2D eigenvalue weighted by Crippen LogP contribution is 2.65. The van der Waals surface area contributed by atoms with E-state index in [-0.39, 0.29) is 0 Å². The Hall–Kier alpha value is -9.44. The SMILES string of the molecule is CCOc1c(C)sc(-c2ccc(N(c3ccc(-c4sc(C)c(OCC)c4OCC)cc3)c3ccc4c(c3)C3(c5ccccc5-c5ccccc53)c3cc(N(c5ccc(-c6sc(C)c(OCC)c6OCC)cc5)c5ccc(-c6sc(C)c(OCC)c6OCC)cc5)ccc3-4)cc2)c1OCC. The summed E-state index contributed by atoms with van der Waals surface area (Å²) in [6, 6.07) is 68.1. The van der Waals surface area contributed by atoms with Crippen LogP contribution in [0.2, 0.25) is 0 Å². The van der Waals surface area contributed by atoms with E-state index < -0.39 is 5.41 Å². The van der Waals surface area contributed by atoms with E-state index in [0.29, 0.717) is 52.9 Å². The van der Waals surface area contributed by atoms with E-state index in [2.05, 4.69) is 219 Å². The van der Waals surface area contributed by atoms with Crippen molar-refractivity contribution >= 4 is 79.5 Å². The molecule has 0 radical (unpaired) electrons. The molecule has 4 heterocycles. The maximum atomic E-state index is 6.36. The lowest BCUT2D eigenvalue weighted by molar-refractivity contribution is 0.290. The van der Waals surface area contributed by atoms with Crippen LogP contribution in [0.4, 0.5) is 34.1 Å². The molecular weight excluding hydrogens is 1310 g/mol. The first-order valence-electron chi connectivity index (χ1n) is 34.5. The molecule has 0 bridgehead atoms. The van der Waals surface area contributed by atoms with Crippen molar-refractivity contribution in [3.63, 3.8) is 0 Å². The first-order chi connectivity index (χ1) is 48.4. The first-order valence-corrected chi connectivity index (χ1v) is 37.8. The van der Waals surface area contributed by atoms with E-state index in [1.807, 2.05) is 55.4 Å². The topological polar surface area (TPSA) is 80.3 Å². The summed E-state index contributed by atoms with van der Waals surface area (Å²) in [7, 11) is 0. The van der Waals surface area contributed by atoms with E-state index in [1.165, 1.54) is 44.5 Å². The summed E-state index contributed by atoms with van der Waals surface area (Å²) in [5.74, 6) is 6.43. The van der Waals surface area contributed by atoms with Crippen LogP contribution in [0.15, 0.2) is 182 Å². The van der Waals surface area contributed by atoms with Crippen molar-refractivity contribution in [3.05, 3.63) is 224 Å². The maximum absolute atomic E-state index is 6.36. The molecule has 0 fully saturated rings. The van der Waals surface area contributed by atoms with Gasteiger partial charge in [-0.25, -0.2) is 0 Å². The minimum absolute atomic E-state index is 0.529. The Labute approximate surface area is 598 Å². The number of hydrogen-bond acceptors (Lipinski definition) is 14. The van der Waals surface area contributed by atoms with Crippen LogP contribution < -0.4 is 47.7 Å². The normalized spacial score (nSPS) is 12.2. The molecule has 14 heteroatoms. The molecule has 12 aromatic rings. The smallest absolute Gasteiger partial charge is 0.180 e. The van der Waals surface area contributed by atoms with Gasteiger partial charge < -0.3 is 47.7 Å². The Kier molecular flexibility index (Phi) is 19.2. The highest BCUT2D eigenvalue weighted by atomic mass is 32.1. The van der Waals surface area contributed by atoms with Crippen molar-refractivity contribution in [2.75, 3.05) is 62.7 Å². The molecule has 2 aliphatic carbocycles. The third-order valence-corrected chi connectivity index (χ3v) is 22.9. The zero-order valence-corrected chi connectivity index (χ0v) is 61.5. The number of hydrogen-bond donors (Lipinski definition) is 0. The summed E-state index contributed by atoms with van der Waals surface area (Å²) in [6.07, 6.45) is 0. The van der Waals surface area contributed by atoms with E-state index in [4.69, 9.17) is 37.9 Å². The second-order valence-electron chi connectivity index (χ2n) is 24.2. The Morgan fingerprint density at radius 1 is 0.253 bits per heavy atom. The van der Waals surface area contributed by atoms with Crippen LogP contribution in [0, 0.1) is 27.7 Å². The minimum atomic E-state index is -0.728. The fraction of sp³-hybridized carbons (Fsp3) is 0.247. The Bertz CT molecular complexity index is 4390. The highest BCUT2D eigenvalue weighted by Gasteiger charge is 2.52. The number of nitrogens with zero attached hydrogens (tertiary/aromatic N) is 2. The lowest BCUT2D eigenvalue weighted by Gasteiger charge is -2.33. The van der Waals surface area contributed by atoms with E-state index >= 15 is 0 Å². The number of benzene rings is 8. The third kappa shape index (κ3) is 11.7. The van der Waals surface area contributed by atoms with Crippen LogP contribution in [0.1, 0.15) is 97.2 Å². The number of anilines is 6. The largest absolute Gasteiger partial charge is 0.489 e. The van der Waals surface area contributed by atoms with Gasteiger partial charge in [0.1, 0.15) is 0 Å². The summed E-state index contributed by atoms with van der Waals surface area (Å²) < 4.78 is 50.3. The second-order valence-corrected chi connectivity index (χ2v) is 29.1. The van der Waals surface area contributed by atoms with Crippen molar-refractivity contribution in [2.24, 2.45) is 0 Å². The quantitative estimate of drug-likeness (QED) is 0.0523. The molecule has 2 aliphatic rings.